The van der Waals surface area contributed by atoms with Crippen LogP contribution in [0.3, 0.4) is 0 Å². The maximum Gasteiger partial charge on any atom is 0.142 e. The maximum atomic E-state index is 5.89. The monoisotopic (exact) mass is 242 g/mol. The van der Waals surface area contributed by atoms with Gasteiger partial charge in [-0.2, -0.15) is 5.10 Å². The molecule has 0 unspecified atom stereocenters. The van der Waals surface area contributed by atoms with Crippen LogP contribution >= 0.6 is 0 Å². The van der Waals surface area contributed by atoms with E-state index >= 15 is 0 Å². The van der Waals surface area contributed by atoms with Crippen LogP contribution in [0.5, 0.6) is 5.75 Å². The van der Waals surface area contributed by atoms with Crippen LogP contribution < -0.4 is 10.5 Å². The third kappa shape index (κ3) is 1.60. The lowest BCUT2D eigenvalue weighted by molar-refractivity contribution is 0.417. The molecule has 92 valence electrons. The van der Waals surface area contributed by atoms with Gasteiger partial charge in [-0.3, -0.25) is 4.68 Å². The molecule has 0 saturated heterocycles. The lowest BCUT2D eigenvalue weighted by Crippen LogP contribution is -1.91. The molecule has 0 fully saturated rings. The number of fused-ring (bicyclic) bond motifs is 1. The van der Waals surface area contributed by atoms with Crippen molar-refractivity contribution in [2.45, 2.75) is 0 Å². The highest BCUT2D eigenvalue weighted by Gasteiger charge is 2.08. The van der Waals surface area contributed by atoms with Crippen LogP contribution in [0, 0.1) is 0 Å². The van der Waals surface area contributed by atoms with Crippen LogP contribution in [0.1, 0.15) is 0 Å². The second-order valence-electron chi connectivity index (χ2n) is 4.27. The van der Waals surface area contributed by atoms with Crippen molar-refractivity contribution in [1.29, 1.82) is 0 Å². The molecule has 3 aromatic rings. The van der Waals surface area contributed by atoms with Crippen LogP contribution in [0.25, 0.3) is 22.2 Å². The smallest absolute Gasteiger partial charge is 0.142 e. The van der Waals surface area contributed by atoms with Crippen molar-refractivity contribution in [1.82, 2.24) is 14.8 Å². The van der Waals surface area contributed by atoms with E-state index in [1.807, 2.05) is 31.6 Å². The maximum absolute atomic E-state index is 5.89. The average Bonchev–Trinajstić information content (AvgIpc) is 2.93. The third-order valence-corrected chi connectivity index (χ3v) is 2.99. The number of anilines is 1. The van der Waals surface area contributed by atoms with E-state index in [1.54, 1.807) is 11.8 Å². The highest BCUT2D eigenvalue weighted by molar-refractivity contribution is 5.90. The van der Waals surface area contributed by atoms with E-state index in [0.717, 1.165) is 22.2 Å². The first-order valence-corrected chi connectivity index (χ1v) is 5.62. The number of benzene rings is 1. The van der Waals surface area contributed by atoms with Crippen molar-refractivity contribution in [3.05, 3.63) is 30.6 Å². The first kappa shape index (κ1) is 10.7. The van der Waals surface area contributed by atoms with Crippen LogP contribution in [-0.2, 0) is 7.05 Å². The summed E-state index contributed by atoms with van der Waals surface area (Å²) in [6, 6.07) is 5.88. The van der Waals surface area contributed by atoms with Crippen LogP contribution in [-0.4, -0.2) is 21.9 Å². The fourth-order valence-electron chi connectivity index (χ4n) is 2.07. The summed E-state index contributed by atoms with van der Waals surface area (Å²) < 4.78 is 6.99. The molecule has 3 N–H and O–H groups in total. The molecule has 5 heteroatoms. The van der Waals surface area contributed by atoms with Crippen LogP contribution in [0.4, 0.5) is 5.69 Å². The predicted molar refractivity (Wildman–Crippen MR) is 71.5 cm³/mol. The van der Waals surface area contributed by atoms with E-state index in [0.29, 0.717) is 11.4 Å². The van der Waals surface area contributed by atoms with Gasteiger partial charge in [0.05, 0.1) is 19.0 Å². The molecule has 0 bridgehead atoms. The number of nitrogen functional groups attached to an aromatic ring is 1. The molecule has 0 aliphatic carbocycles. The predicted octanol–water partition coefficient (Wildman–Crippen LogP) is 2.16. The van der Waals surface area contributed by atoms with Gasteiger partial charge in [-0.25, -0.2) is 0 Å². The van der Waals surface area contributed by atoms with Crippen molar-refractivity contribution in [3.8, 4) is 17.0 Å². The highest BCUT2D eigenvalue weighted by atomic mass is 16.5. The minimum absolute atomic E-state index is 0.629. The van der Waals surface area contributed by atoms with Gasteiger partial charge in [-0.15, -0.1) is 0 Å². The Morgan fingerprint density at radius 2 is 2.17 bits per heavy atom. The van der Waals surface area contributed by atoms with Crippen molar-refractivity contribution < 1.29 is 4.74 Å². The second kappa shape index (κ2) is 3.80. The number of aromatic nitrogens is 3. The summed E-state index contributed by atoms with van der Waals surface area (Å²) >= 11 is 0. The highest BCUT2D eigenvalue weighted by Crippen LogP contribution is 2.30. The Morgan fingerprint density at radius 3 is 2.83 bits per heavy atom. The van der Waals surface area contributed by atoms with Crippen molar-refractivity contribution in [2.24, 2.45) is 7.05 Å². The van der Waals surface area contributed by atoms with Crippen LogP contribution in [0.2, 0.25) is 0 Å². The molecule has 3 rings (SSSR count). The largest absolute Gasteiger partial charge is 0.495 e. The van der Waals surface area contributed by atoms with Crippen molar-refractivity contribution in [2.75, 3.05) is 12.8 Å². The topological polar surface area (TPSA) is 68.9 Å². The second-order valence-corrected chi connectivity index (χ2v) is 4.27. The number of methoxy groups -OCH3 is 1. The van der Waals surface area contributed by atoms with Crippen LogP contribution in [0.15, 0.2) is 30.6 Å². The van der Waals surface area contributed by atoms with Crippen molar-refractivity contribution >= 4 is 16.6 Å². The zero-order chi connectivity index (χ0) is 12.7. The molecule has 2 heterocycles. The van der Waals surface area contributed by atoms with Gasteiger partial charge in [-0.05, 0) is 18.2 Å². The molecule has 0 radical (unpaired) electrons. The van der Waals surface area contributed by atoms with Crippen molar-refractivity contribution in [3.63, 3.8) is 0 Å². The van der Waals surface area contributed by atoms with E-state index in [4.69, 9.17) is 10.5 Å². The number of ether oxygens (including phenoxy) is 1. The molecule has 18 heavy (non-hydrogen) atoms. The minimum Gasteiger partial charge on any atom is -0.495 e. The van der Waals surface area contributed by atoms with Gasteiger partial charge in [0.2, 0.25) is 0 Å². The molecule has 0 atom stereocenters. The summed E-state index contributed by atoms with van der Waals surface area (Å²) in [4.78, 5) is 3.33. The Bertz CT molecular complexity index is 711. The minimum atomic E-state index is 0.629. The molecule has 0 saturated carbocycles. The number of hydrogen-bond donors (Lipinski definition) is 2. The Labute approximate surface area is 104 Å². The molecular weight excluding hydrogens is 228 g/mol. The normalized spacial score (nSPS) is 11.0. The standard InChI is InChI=1S/C13H14N4O/c1-17-7-9(6-15-17)11-3-8-4-13(18-2)10(14)5-12(8)16-11/h3-7,16H,14H2,1-2H3. The van der Waals surface area contributed by atoms with Gasteiger partial charge in [0.15, 0.2) is 0 Å². The van der Waals surface area contributed by atoms with E-state index in [2.05, 4.69) is 16.1 Å². The summed E-state index contributed by atoms with van der Waals surface area (Å²) in [6.45, 7) is 0. The quantitative estimate of drug-likeness (QED) is 0.676. The lowest BCUT2D eigenvalue weighted by Gasteiger charge is -2.03. The number of nitrogens with one attached hydrogen (secondary N) is 1. The van der Waals surface area contributed by atoms with Gasteiger partial charge in [0.25, 0.3) is 0 Å². The molecular formula is C13H14N4O. The van der Waals surface area contributed by atoms with Gasteiger partial charge in [0.1, 0.15) is 5.75 Å². The first-order chi connectivity index (χ1) is 8.67. The Morgan fingerprint density at radius 1 is 1.33 bits per heavy atom. The average molecular weight is 242 g/mol. The fraction of sp³-hybridized carbons (Fsp3) is 0.154. The molecule has 0 spiro atoms. The molecule has 0 aliphatic heterocycles. The Kier molecular flexibility index (Phi) is 2.26. The summed E-state index contributed by atoms with van der Waals surface area (Å²) in [6.07, 6.45) is 3.79. The summed E-state index contributed by atoms with van der Waals surface area (Å²) in [7, 11) is 3.51. The molecule has 0 amide bonds. The number of rotatable bonds is 2. The molecule has 2 aromatic heterocycles. The summed E-state index contributed by atoms with van der Waals surface area (Å²) in [5, 5.41) is 5.23. The van der Waals surface area contributed by atoms with E-state index in [-0.39, 0.29) is 0 Å². The Balaban J connectivity index is 2.16. The number of nitrogens with zero attached hydrogens (tertiary/aromatic N) is 2. The van der Waals surface area contributed by atoms with Gasteiger partial charge in [0, 0.05) is 35.4 Å². The number of nitrogens with two attached hydrogens (primary N) is 1. The Hall–Kier alpha value is -2.43. The summed E-state index contributed by atoms with van der Waals surface area (Å²) in [5.41, 5.74) is 9.58. The number of aryl methyl sites for hydroxylation is 1. The van der Waals surface area contributed by atoms with Gasteiger partial charge >= 0.3 is 0 Å². The molecule has 1 aromatic carbocycles. The zero-order valence-electron chi connectivity index (χ0n) is 10.3. The van der Waals surface area contributed by atoms with Gasteiger partial charge < -0.3 is 15.5 Å². The SMILES string of the molecule is COc1cc2cc(-c3cnn(C)c3)[nH]c2cc1N. The molecule has 5 nitrogen and oxygen atoms in total. The number of aromatic amines is 1. The van der Waals surface area contributed by atoms with Gasteiger partial charge in [-0.1, -0.05) is 0 Å². The van der Waals surface area contributed by atoms with E-state index < -0.39 is 0 Å². The number of hydrogen-bond acceptors (Lipinski definition) is 3. The van der Waals surface area contributed by atoms with E-state index in [1.165, 1.54) is 0 Å². The first-order valence-electron chi connectivity index (χ1n) is 5.62. The number of H-pyrrole nitrogens is 1. The fourth-order valence-corrected chi connectivity index (χ4v) is 2.07. The zero-order valence-corrected chi connectivity index (χ0v) is 10.3. The lowest BCUT2D eigenvalue weighted by atomic mass is 10.2. The summed E-state index contributed by atoms with van der Waals surface area (Å²) in [5.74, 6) is 0.694. The van der Waals surface area contributed by atoms with E-state index in [9.17, 15) is 0 Å². The molecule has 0 aliphatic rings. The third-order valence-electron chi connectivity index (χ3n) is 2.99.